The van der Waals surface area contributed by atoms with Crippen LogP contribution in [0, 0.1) is 0 Å². The minimum atomic E-state index is -5.19. The SMILES string of the molecule is C=CC(=O)OC1C(F)(F)COC2(C(F)(F)F)CCC12F. The fraction of sp³-hybridized carbons (Fsp3) is 0.727. The Balaban J connectivity index is 2.41. The molecule has 3 nitrogen and oxygen atoms in total. The third-order valence-electron chi connectivity index (χ3n) is 3.68. The number of halogens is 6. The van der Waals surface area contributed by atoms with Crippen molar-refractivity contribution in [2.75, 3.05) is 6.61 Å². The van der Waals surface area contributed by atoms with E-state index in [2.05, 4.69) is 16.1 Å². The van der Waals surface area contributed by atoms with Gasteiger partial charge in [-0.1, -0.05) is 6.58 Å². The quantitative estimate of drug-likeness (QED) is 0.447. The molecule has 0 N–H and O–H groups in total. The maximum absolute atomic E-state index is 14.5. The minimum absolute atomic E-state index is 0.475. The van der Waals surface area contributed by atoms with Crippen molar-refractivity contribution in [3.63, 3.8) is 0 Å². The normalized spacial score (nSPS) is 39.4. The first-order valence-corrected chi connectivity index (χ1v) is 5.61. The van der Waals surface area contributed by atoms with Crippen molar-refractivity contribution in [3.05, 3.63) is 12.7 Å². The van der Waals surface area contributed by atoms with Crippen LogP contribution in [0.2, 0.25) is 0 Å². The second-order valence-electron chi connectivity index (χ2n) is 4.76. The second-order valence-corrected chi connectivity index (χ2v) is 4.76. The van der Waals surface area contributed by atoms with Gasteiger partial charge in [0.05, 0.1) is 0 Å². The molecule has 0 aromatic heterocycles. The first-order valence-electron chi connectivity index (χ1n) is 5.61. The van der Waals surface area contributed by atoms with Gasteiger partial charge >= 0.3 is 18.1 Å². The van der Waals surface area contributed by atoms with Gasteiger partial charge in [0.25, 0.3) is 0 Å². The number of hydrogen-bond acceptors (Lipinski definition) is 3. The lowest BCUT2D eigenvalue weighted by Crippen LogP contribution is -2.80. The summed E-state index contributed by atoms with van der Waals surface area (Å²) in [5.74, 6) is -5.47. The summed E-state index contributed by atoms with van der Waals surface area (Å²) in [6, 6.07) is 0. The molecule has 0 aromatic carbocycles. The molecule has 1 heterocycles. The largest absolute Gasteiger partial charge is 0.449 e. The number of esters is 1. The monoisotopic (exact) mass is 304 g/mol. The summed E-state index contributed by atoms with van der Waals surface area (Å²) in [6.07, 6.45) is -9.20. The van der Waals surface area contributed by atoms with E-state index in [-0.39, 0.29) is 0 Å². The van der Waals surface area contributed by atoms with E-state index in [1.165, 1.54) is 0 Å². The zero-order valence-corrected chi connectivity index (χ0v) is 9.98. The fourth-order valence-electron chi connectivity index (χ4n) is 2.56. The number of ether oxygens (including phenoxy) is 2. The summed E-state index contributed by atoms with van der Waals surface area (Å²) in [5.41, 5.74) is -6.86. The first-order chi connectivity index (χ1) is 9.00. The summed E-state index contributed by atoms with van der Waals surface area (Å²) >= 11 is 0. The molecule has 2 aliphatic rings. The Kier molecular flexibility index (Phi) is 3.12. The van der Waals surface area contributed by atoms with Crippen LogP contribution >= 0.6 is 0 Å². The van der Waals surface area contributed by atoms with E-state index in [4.69, 9.17) is 0 Å². The second kappa shape index (κ2) is 4.12. The highest BCUT2D eigenvalue weighted by atomic mass is 19.4. The molecule has 0 aromatic rings. The van der Waals surface area contributed by atoms with Gasteiger partial charge in [0.1, 0.15) is 6.61 Å². The Morgan fingerprint density at radius 2 is 1.90 bits per heavy atom. The highest BCUT2D eigenvalue weighted by molar-refractivity contribution is 5.81. The van der Waals surface area contributed by atoms with Crippen LogP contribution in [-0.4, -0.2) is 42.0 Å². The molecule has 1 saturated carbocycles. The summed E-state index contributed by atoms with van der Waals surface area (Å²) in [7, 11) is 0. The van der Waals surface area contributed by atoms with Gasteiger partial charge in [-0.15, -0.1) is 0 Å². The molecular formula is C11H10F6O3. The van der Waals surface area contributed by atoms with Gasteiger partial charge in [0.15, 0.2) is 5.67 Å². The molecule has 9 heteroatoms. The molecule has 2 rings (SSSR count). The number of fused-ring (bicyclic) bond motifs is 1. The number of hydrogen-bond donors (Lipinski definition) is 0. The van der Waals surface area contributed by atoms with Crippen LogP contribution in [0.3, 0.4) is 0 Å². The van der Waals surface area contributed by atoms with Crippen LogP contribution in [0.4, 0.5) is 26.3 Å². The fourth-order valence-corrected chi connectivity index (χ4v) is 2.56. The van der Waals surface area contributed by atoms with Crippen molar-refractivity contribution >= 4 is 5.97 Å². The molecule has 20 heavy (non-hydrogen) atoms. The number of rotatable bonds is 2. The molecule has 1 saturated heterocycles. The molecule has 1 aliphatic heterocycles. The Morgan fingerprint density at radius 1 is 1.30 bits per heavy atom. The van der Waals surface area contributed by atoms with E-state index in [0.717, 1.165) is 0 Å². The molecule has 0 radical (unpaired) electrons. The van der Waals surface area contributed by atoms with Crippen LogP contribution in [0.1, 0.15) is 12.8 Å². The van der Waals surface area contributed by atoms with Crippen molar-refractivity contribution in [2.24, 2.45) is 0 Å². The highest BCUT2D eigenvalue weighted by Crippen LogP contribution is 2.63. The Hall–Kier alpha value is -1.25. The third-order valence-corrected chi connectivity index (χ3v) is 3.68. The van der Waals surface area contributed by atoms with Gasteiger partial charge < -0.3 is 9.47 Å². The van der Waals surface area contributed by atoms with E-state index in [0.29, 0.717) is 6.08 Å². The highest BCUT2D eigenvalue weighted by Gasteiger charge is 2.84. The van der Waals surface area contributed by atoms with E-state index in [1.807, 2.05) is 0 Å². The molecule has 3 atom stereocenters. The topological polar surface area (TPSA) is 35.5 Å². The Bertz CT molecular complexity index is 448. The van der Waals surface area contributed by atoms with Gasteiger partial charge in [0, 0.05) is 6.08 Å². The number of alkyl halides is 6. The Labute approximate surface area is 109 Å². The van der Waals surface area contributed by atoms with Crippen LogP contribution in [0.25, 0.3) is 0 Å². The van der Waals surface area contributed by atoms with Crippen LogP contribution in [-0.2, 0) is 14.3 Å². The van der Waals surface area contributed by atoms with E-state index in [9.17, 15) is 31.1 Å². The predicted octanol–water partition coefficient (Wildman–Crippen LogP) is 2.55. The van der Waals surface area contributed by atoms with Gasteiger partial charge in [-0.05, 0) is 12.8 Å². The van der Waals surface area contributed by atoms with Gasteiger partial charge in [-0.3, -0.25) is 0 Å². The smallest absolute Gasteiger partial charge is 0.420 e. The van der Waals surface area contributed by atoms with Gasteiger partial charge in [-0.2, -0.15) is 22.0 Å². The minimum Gasteiger partial charge on any atom is -0.449 e. The van der Waals surface area contributed by atoms with E-state index < -0.39 is 54.9 Å². The number of carbonyl (C=O) groups is 1. The molecule has 1 aliphatic carbocycles. The summed E-state index contributed by atoms with van der Waals surface area (Å²) < 4.78 is 88.8. The molecule has 2 fully saturated rings. The lowest BCUT2D eigenvalue weighted by Gasteiger charge is -2.59. The van der Waals surface area contributed by atoms with Crippen molar-refractivity contribution in [3.8, 4) is 0 Å². The molecule has 0 bridgehead atoms. The van der Waals surface area contributed by atoms with Crippen LogP contribution in [0.15, 0.2) is 12.7 Å². The van der Waals surface area contributed by atoms with Crippen molar-refractivity contribution < 1.29 is 40.6 Å². The zero-order chi connectivity index (χ0) is 15.4. The van der Waals surface area contributed by atoms with Crippen LogP contribution < -0.4 is 0 Å². The first kappa shape index (κ1) is 15.1. The summed E-state index contributed by atoms with van der Waals surface area (Å²) in [4.78, 5) is 11.0. The maximum atomic E-state index is 14.5. The molecule has 3 unspecified atom stereocenters. The standard InChI is InChI=1S/C11H10F6O3/c1-2-6(18)20-7-8(12)3-4-10(8,11(15,16)17)19-5-9(7,13)14/h2,7H,1,3-5H2. The molecule has 114 valence electrons. The summed E-state index contributed by atoms with van der Waals surface area (Å²) in [5, 5.41) is 0. The van der Waals surface area contributed by atoms with Crippen LogP contribution in [0.5, 0.6) is 0 Å². The predicted molar refractivity (Wildman–Crippen MR) is 52.8 cm³/mol. The van der Waals surface area contributed by atoms with Gasteiger partial charge in [-0.25, -0.2) is 9.18 Å². The number of carbonyl (C=O) groups excluding carboxylic acids is 1. The third kappa shape index (κ3) is 1.75. The van der Waals surface area contributed by atoms with Gasteiger partial charge in [0.2, 0.25) is 11.7 Å². The van der Waals surface area contributed by atoms with Crippen molar-refractivity contribution in [1.82, 2.24) is 0 Å². The Morgan fingerprint density at radius 3 is 2.30 bits per heavy atom. The lowest BCUT2D eigenvalue weighted by atomic mass is 9.60. The lowest BCUT2D eigenvalue weighted by molar-refractivity contribution is -0.420. The maximum Gasteiger partial charge on any atom is 0.420 e. The van der Waals surface area contributed by atoms with E-state index >= 15 is 0 Å². The summed E-state index contributed by atoms with van der Waals surface area (Å²) in [6.45, 7) is 1.26. The molecule has 0 amide bonds. The molecule has 0 spiro atoms. The average Bonchev–Trinajstić information content (AvgIpc) is 2.30. The van der Waals surface area contributed by atoms with Crippen molar-refractivity contribution in [2.45, 2.75) is 42.3 Å². The average molecular weight is 304 g/mol. The molecular weight excluding hydrogens is 294 g/mol. The van der Waals surface area contributed by atoms with Crippen molar-refractivity contribution in [1.29, 1.82) is 0 Å². The zero-order valence-electron chi connectivity index (χ0n) is 9.98. The van der Waals surface area contributed by atoms with E-state index in [1.54, 1.807) is 0 Å².